The molecule has 0 radical (unpaired) electrons. The van der Waals surface area contributed by atoms with Gasteiger partial charge in [-0.1, -0.05) is 49.2 Å². The van der Waals surface area contributed by atoms with Crippen molar-refractivity contribution in [3.63, 3.8) is 0 Å². The van der Waals surface area contributed by atoms with Crippen molar-refractivity contribution < 1.29 is 21.6 Å². The predicted octanol–water partition coefficient (Wildman–Crippen LogP) is 3.10. The van der Waals surface area contributed by atoms with E-state index in [0.717, 1.165) is 11.1 Å². The van der Waals surface area contributed by atoms with Crippen molar-refractivity contribution in [1.82, 2.24) is 14.1 Å². The highest BCUT2D eigenvalue weighted by Gasteiger charge is 2.41. The number of amidine groups is 1. The monoisotopic (exact) mass is 562 g/mol. The molecule has 2 aliphatic heterocycles. The number of ether oxygens (including phenoxy) is 1. The molecule has 0 spiro atoms. The van der Waals surface area contributed by atoms with Crippen molar-refractivity contribution >= 4 is 25.9 Å². The summed E-state index contributed by atoms with van der Waals surface area (Å²) in [6.45, 7) is 11.3. The molecule has 0 N–H and O–H groups in total. The standard InChI is InChI=1S/C27H38N4O5S2/c1-21(2)27-30(14-5-15-31(27)38(34,35)25-12-8-23(4)9-13-25)26(20-29-16-18-36-19-17-29)28-37(32,33)24-10-6-22(3)7-11-24/h6-13,21,27H,5,14-20H2,1-4H3/b28-26+. The van der Waals surface area contributed by atoms with Gasteiger partial charge in [0, 0.05) is 26.2 Å². The number of hydrogen-bond acceptors (Lipinski definition) is 6. The second-order valence-electron chi connectivity index (χ2n) is 10.3. The van der Waals surface area contributed by atoms with E-state index in [-0.39, 0.29) is 22.3 Å². The smallest absolute Gasteiger partial charge is 0.283 e. The van der Waals surface area contributed by atoms with Crippen LogP contribution in [-0.2, 0) is 24.8 Å². The molecule has 0 aliphatic carbocycles. The normalized spacial score (nSPS) is 20.7. The number of hydrogen-bond donors (Lipinski definition) is 0. The van der Waals surface area contributed by atoms with Gasteiger partial charge in [-0.15, -0.1) is 4.40 Å². The first-order valence-electron chi connectivity index (χ1n) is 13.0. The Kier molecular flexibility index (Phi) is 8.93. The molecule has 4 rings (SSSR count). The van der Waals surface area contributed by atoms with Gasteiger partial charge in [0.05, 0.1) is 35.7 Å². The molecule has 0 bridgehead atoms. The first-order chi connectivity index (χ1) is 18.0. The Morgan fingerprint density at radius 2 is 1.42 bits per heavy atom. The lowest BCUT2D eigenvalue weighted by Crippen LogP contribution is -2.61. The minimum absolute atomic E-state index is 0.116. The maximum Gasteiger partial charge on any atom is 0.283 e. The number of nitrogens with zero attached hydrogens (tertiary/aromatic N) is 4. The van der Waals surface area contributed by atoms with Crippen LogP contribution in [0.5, 0.6) is 0 Å². The summed E-state index contributed by atoms with van der Waals surface area (Å²) in [7, 11) is -7.83. The van der Waals surface area contributed by atoms with Crippen molar-refractivity contribution in [3.8, 4) is 0 Å². The summed E-state index contributed by atoms with van der Waals surface area (Å²) in [4.78, 5) is 4.35. The molecular formula is C27H38N4O5S2. The maximum absolute atomic E-state index is 13.8. The summed E-state index contributed by atoms with van der Waals surface area (Å²) in [5, 5.41) is 0. The maximum atomic E-state index is 13.8. The van der Waals surface area contributed by atoms with E-state index in [1.807, 2.05) is 32.6 Å². The van der Waals surface area contributed by atoms with Crippen molar-refractivity contribution in [3.05, 3.63) is 59.7 Å². The third-order valence-electron chi connectivity index (χ3n) is 6.96. The van der Waals surface area contributed by atoms with Crippen molar-refractivity contribution in [2.45, 2.75) is 50.1 Å². The molecule has 0 amide bonds. The van der Waals surface area contributed by atoms with Crippen molar-refractivity contribution in [1.29, 1.82) is 0 Å². The Morgan fingerprint density at radius 1 is 0.868 bits per heavy atom. The molecule has 2 aliphatic rings. The van der Waals surface area contributed by atoms with Gasteiger partial charge in [-0.3, -0.25) is 4.90 Å². The highest BCUT2D eigenvalue weighted by Crippen LogP contribution is 2.29. The van der Waals surface area contributed by atoms with Crippen LogP contribution in [-0.4, -0.2) is 88.9 Å². The SMILES string of the molecule is Cc1ccc(S(=O)(=O)/N=C(\CN2CCOCC2)N2CCCN(S(=O)(=O)c3ccc(C)cc3)C2C(C)C)cc1. The van der Waals surface area contributed by atoms with E-state index in [1.165, 1.54) is 4.31 Å². The molecule has 2 saturated heterocycles. The van der Waals surface area contributed by atoms with Gasteiger partial charge in [0.25, 0.3) is 10.0 Å². The molecule has 0 aromatic heterocycles. The van der Waals surface area contributed by atoms with Crippen LogP contribution in [0.3, 0.4) is 0 Å². The number of sulfonamides is 2. The van der Waals surface area contributed by atoms with Crippen LogP contribution in [0.2, 0.25) is 0 Å². The zero-order chi connectivity index (χ0) is 27.5. The fraction of sp³-hybridized carbons (Fsp3) is 0.519. The van der Waals surface area contributed by atoms with Crippen LogP contribution >= 0.6 is 0 Å². The van der Waals surface area contributed by atoms with E-state index >= 15 is 0 Å². The molecule has 9 nitrogen and oxygen atoms in total. The fourth-order valence-electron chi connectivity index (χ4n) is 4.93. The molecule has 11 heteroatoms. The lowest BCUT2D eigenvalue weighted by atomic mass is 10.1. The summed E-state index contributed by atoms with van der Waals surface area (Å²) < 4.78 is 65.9. The van der Waals surface area contributed by atoms with E-state index in [1.54, 1.807) is 48.5 Å². The Hall–Kier alpha value is -2.31. The third kappa shape index (κ3) is 6.45. The number of morpholine rings is 1. The van der Waals surface area contributed by atoms with Crippen LogP contribution in [0, 0.1) is 19.8 Å². The zero-order valence-electron chi connectivity index (χ0n) is 22.6. The predicted molar refractivity (Wildman–Crippen MR) is 148 cm³/mol. The van der Waals surface area contributed by atoms with Gasteiger partial charge in [-0.25, -0.2) is 8.42 Å². The summed E-state index contributed by atoms with van der Waals surface area (Å²) >= 11 is 0. The summed E-state index contributed by atoms with van der Waals surface area (Å²) in [6, 6.07) is 13.5. The molecule has 38 heavy (non-hydrogen) atoms. The molecule has 2 fully saturated rings. The van der Waals surface area contributed by atoms with E-state index in [2.05, 4.69) is 9.30 Å². The van der Waals surface area contributed by atoms with E-state index in [4.69, 9.17) is 4.74 Å². The highest BCUT2D eigenvalue weighted by molar-refractivity contribution is 7.90. The van der Waals surface area contributed by atoms with E-state index in [9.17, 15) is 16.8 Å². The van der Waals surface area contributed by atoms with E-state index < -0.39 is 26.2 Å². The molecule has 1 unspecified atom stereocenters. The quantitative estimate of drug-likeness (QED) is 0.378. The summed E-state index contributed by atoms with van der Waals surface area (Å²) in [6.07, 6.45) is -0.0239. The van der Waals surface area contributed by atoms with Gasteiger partial charge in [0.15, 0.2) is 0 Å². The highest BCUT2D eigenvalue weighted by atomic mass is 32.2. The van der Waals surface area contributed by atoms with Gasteiger partial charge < -0.3 is 9.64 Å². The largest absolute Gasteiger partial charge is 0.379 e. The Labute approximate surface area is 227 Å². The number of rotatable bonds is 7. The Morgan fingerprint density at radius 3 is 1.97 bits per heavy atom. The van der Waals surface area contributed by atoms with Gasteiger partial charge >= 0.3 is 0 Å². The molecule has 0 saturated carbocycles. The summed E-state index contributed by atoms with van der Waals surface area (Å²) in [5.41, 5.74) is 1.93. The average Bonchev–Trinajstić information content (AvgIpc) is 2.89. The number of benzene rings is 2. The second-order valence-corrected chi connectivity index (χ2v) is 13.8. The third-order valence-corrected chi connectivity index (χ3v) is 10.2. The first kappa shape index (κ1) is 28.7. The van der Waals surface area contributed by atoms with Crippen LogP contribution in [0.25, 0.3) is 0 Å². The summed E-state index contributed by atoms with van der Waals surface area (Å²) in [5.74, 6) is 0.238. The van der Waals surface area contributed by atoms with Gasteiger partial charge in [-0.05, 0) is 50.5 Å². The topological polar surface area (TPSA) is 99.6 Å². The average molecular weight is 563 g/mol. The molecule has 2 aromatic carbocycles. The Balaban J connectivity index is 1.76. The van der Waals surface area contributed by atoms with Crippen LogP contribution in [0.15, 0.2) is 62.7 Å². The van der Waals surface area contributed by atoms with Crippen LogP contribution < -0.4 is 0 Å². The lowest BCUT2D eigenvalue weighted by molar-refractivity contribution is 0.0396. The fourth-order valence-corrected chi connectivity index (χ4v) is 7.72. The minimum Gasteiger partial charge on any atom is -0.379 e. The molecule has 2 heterocycles. The van der Waals surface area contributed by atoms with E-state index in [0.29, 0.717) is 51.6 Å². The first-order valence-corrected chi connectivity index (χ1v) is 15.9. The second kappa shape index (κ2) is 11.8. The molecule has 2 aromatic rings. The minimum atomic E-state index is -4.01. The molecule has 208 valence electrons. The number of aryl methyl sites for hydroxylation is 2. The molecular weight excluding hydrogens is 524 g/mol. The van der Waals surface area contributed by atoms with Gasteiger partial charge in [-0.2, -0.15) is 12.7 Å². The van der Waals surface area contributed by atoms with Crippen molar-refractivity contribution in [2.75, 3.05) is 45.9 Å². The zero-order valence-corrected chi connectivity index (χ0v) is 24.2. The van der Waals surface area contributed by atoms with Crippen molar-refractivity contribution in [2.24, 2.45) is 10.3 Å². The molecule has 1 atom stereocenters. The van der Waals surface area contributed by atoms with Gasteiger partial charge in [0.1, 0.15) is 5.84 Å². The van der Waals surface area contributed by atoms with Gasteiger partial charge in [0.2, 0.25) is 10.0 Å². The Bertz CT molecular complexity index is 1330. The lowest BCUT2D eigenvalue weighted by Gasteiger charge is -2.47. The van der Waals surface area contributed by atoms with Crippen LogP contribution in [0.4, 0.5) is 0 Å². The van der Waals surface area contributed by atoms with Crippen LogP contribution in [0.1, 0.15) is 31.4 Å².